The predicted octanol–water partition coefficient (Wildman–Crippen LogP) is 2.53. The quantitative estimate of drug-likeness (QED) is 0.675. The molecule has 0 N–H and O–H groups in total. The highest BCUT2D eigenvalue weighted by Crippen LogP contribution is 2.22. The lowest BCUT2D eigenvalue weighted by molar-refractivity contribution is 0.628. The topological polar surface area (TPSA) is 17.8 Å². The van der Waals surface area contributed by atoms with Crippen molar-refractivity contribution >= 4 is 0 Å². The summed E-state index contributed by atoms with van der Waals surface area (Å²) in [6.45, 7) is 1.92. The molecule has 0 aliphatic heterocycles. The fourth-order valence-corrected chi connectivity index (χ4v) is 1.54. The Labute approximate surface area is 82.0 Å². The summed E-state index contributed by atoms with van der Waals surface area (Å²) in [6.07, 6.45) is 1.89. The molecule has 1 aromatic heterocycles. The van der Waals surface area contributed by atoms with Gasteiger partial charge in [-0.25, -0.2) is 4.39 Å². The molecule has 0 saturated heterocycles. The molecule has 72 valence electrons. The van der Waals surface area contributed by atoms with E-state index in [2.05, 4.69) is 5.10 Å². The SMILES string of the molecule is Cc1nn(C)cc1-c1cccc(F)c1. The first-order valence-electron chi connectivity index (χ1n) is 4.43. The normalized spacial score (nSPS) is 10.5. The van der Waals surface area contributed by atoms with Crippen LogP contribution in [0, 0.1) is 12.7 Å². The average molecular weight is 190 g/mol. The van der Waals surface area contributed by atoms with E-state index < -0.39 is 0 Å². The van der Waals surface area contributed by atoms with E-state index in [1.807, 2.05) is 26.2 Å². The van der Waals surface area contributed by atoms with Gasteiger partial charge in [0.1, 0.15) is 5.82 Å². The number of aryl methyl sites for hydroxylation is 2. The zero-order valence-corrected chi connectivity index (χ0v) is 8.16. The van der Waals surface area contributed by atoms with E-state index in [4.69, 9.17) is 0 Å². The van der Waals surface area contributed by atoms with Crippen LogP contribution < -0.4 is 0 Å². The van der Waals surface area contributed by atoms with Crippen LogP contribution in [0.3, 0.4) is 0 Å². The number of hydrogen-bond acceptors (Lipinski definition) is 1. The number of rotatable bonds is 1. The third-order valence-electron chi connectivity index (χ3n) is 2.15. The molecule has 2 aromatic rings. The fourth-order valence-electron chi connectivity index (χ4n) is 1.54. The van der Waals surface area contributed by atoms with Gasteiger partial charge in [-0.1, -0.05) is 12.1 Å². The summed E-state index contributed by atoms with van der Waals surface area (Å²) < 4.78 is 14.7. The third kappa shape index (κ3) is 1.53. The number of benzene rings is 1. The Morgan fingerprint density at radius 2 is 2.14 bits per heavy atom. The zero-order valence-electron chi connectivity index (χ0n) is 8.16. The van der Waals surface area contributed by atoms with E-state index in [1.54, 1.807) is 10.7 Å². The molecule has 0 bridgehead atoms. The van der Waals surface area contributed by atoms with Crippen LogP contribution in [0.5, 0.6) is 0 Å². The molecule has 0 saturated carbocycles. The van der Waals surface area contributed by atoms with Crippen molar-refractivity contribution in [2.75, 3.05) is 0 Å². The van der Waals surface area contributed by atoms with Gasteiger partial charge in [0, 0.05) is 18.8 Å². The Morgan fingerprint density at radius 1 is 1.36 bits per heavy atom. The van der Waals surface area contributed by atoms with Crippen LogP contribution in [0.25, 0.3) is 11.1 Å². The van der Waals surface area contributed by atoms with Crippen molar-refractivity contribution in [1.29, 1.82) is 0 Å². The molecular formula is C11H11FN2. The Bertz CT molecular complexity index is 460. The molecule has 0 radical (unpaired) electrons. The number of halogens is 1. The Morgan fingerprint density at radius 3 is 2.71 bits per heavy atom. The molecule has 14 heavy (non-hydrogen) atoms. The molecule has 0 aliphatic carbocycles. The van der Waals surface area contributed by atoms with Crippen LogP contribution in [0.1, 0.15) is 5.69 Å². The maximum atomic E-state index is 13.0. The second-order valence-electron chi connectivity index (χ2n) is 3.31. The van der Waals surface area contributed by atoms with Gasteiger partial charge in [-0.2, -0.15) is 5.10 Å². The Kier molecular flexibility index (Phi) is 2.08. The first-order chi connectivity index (χ1) is 6.66. The van der Waals surface area contributed by atoms with Crippen LogP contribution in [0.4, 0.5) is 4.39 Å². The maximum Gasteiger partial charge on any atom is 0.123 e. The predicted molar refractivity (Wildman–Crippen MR) is 53.3 cm³/mol. The summed E-state index contributed by atoms with van der Waals surface area (Å²) in [6, 6.07) is 6.55. The van der Waals surface area contributed by atoms with Gasteiger partial charge in [0.05, 0.1) is 5.69 Å². The fraction of sp³-hybridized carbons (Fsp3) is 0.182. The van der Waals surface area contributed by atoms with Crippen LogP contribution in [0.15, 0.2) is 30.5 Å². The van der Waals surface area contributed by atoms with Crippen molar-refractivity contribution in [2.45, 2.75) is 6.92 Å². The molecule has 3 heteroatoms. The smallest absolute Gasteiger partial charge is 0.123 e. The van der Waals surface area contributed by atoms with Gasteiger partial charge in [0.2, 0.25) is 0 Å². The molecular weight excluding hydrogens is 179 g/mol. The number of hydrogen-bond donors (Lipinski definition) is 0. The molecule has 2 nitrogen and oxygen atoms in total. The Hall–Kier alpha value is -1.64. The molecule has 1 aromatic carbocycles. The van der Waals surface area contributed by atoms with E-state index >= 15 is 0 Å². The number of nitrogens with zero attached hydrogens (tertiary/aromatic N) is 2. The summed E-state index contributed by atoms with van der Waals surface area (Å²) in [4.78, 5) is 0. The van der Waals surface area contributed by atoms with E-state index in [9.17, 15) is 4.39 Å². The molecule has 0 unspecified atom stereocenters. The molecule has 0 spiro atoms. The van der Waals surface area contributed by atoms with Crippen molar-refractivity contribution in [3.8, 4) is 11.1 Å². The van der Waals surface area contributed by atoms with Gasteiger partial charge in [-0.3, -0.25) is 4.68 Å². The van der Waals surface area contributed by atoms with Gasteiger partial charge in [-0.05, 0) is 24.6 Å². The van der Waals surface area contributed by atoms with Gasteiger partial charge in [-0.15, -0.1) is 0 Å². The van der Waals surface area contributed by atoms with Crippen molar-refractivity contribution in [1.82, 2.24) is 9.78 Å². The van der Waals surface area contributed by atoms with E-state index in [-0.39, 0.29) is 5.82 Å². The van der Waals surface area contributed by atoms with Crippen LogP contribution >= 0.6 is 0 Å². The van der Waals surface area contributed by atoms with Crippen molar-refractivity contribution < 1.29 is 4.39 Å². The van der Waals surface area contributed by atoms with Gasteiger partial charge in [0.25, 0.3) is 0 Å². The van der Waals surface area contributed by atoms with Crippen LogP contribution in [0.2, 0.25) is 0 Å². The summed E-state index contributed by atoms with van der Waals surface area (Å²) >= 11 is 0. The van der Waals surface area contributed by atoms with Crippen molar-refractivity contribution in [2.24, 2.45) is 7.05 Å². The van der Waals surface area contributed by atoms with E-state index in [0.717, 1.165) is 16.8 Å². The number of aromatic nitrogens is 2. The lowest BCUT2D eigenvalue weighted by Crippen LogP contribution is -1.86. The summed E-state index contributed by atoms with van der Waals surface area (Å²) in [5, 5.41) is 4.21. The first-order valence-corrected chi connectivity index (χ1v) is 4.43. The van der Waals surface area contributed by atoms with Gasteiger partial charge < -0.3 is 0 Å². The van der Waals surface area contributed by atoms with Crippen LogP contribution in [-0.2, 0) is 7.05 Å². The largest absolute Gasteiger partial charge is 0.275 e. The lowest BCUT2D eigenvalue weighted by Gasteiger charge is -1.97. The lowest BCUT2D eigenvalue weighted by atomic mass is 10.1. The second-order valence-corrected chi connectivity index (χ2v) is 3.31. The summed E-state index contributed by atoms with van der Waals surface area (Å²) in [5.41, 5.74) is 2.76. The maximum absolute atomic E-state index is 13.0. The minimum Gasteiger partial charge on any atom is -0.275 e. The van der Waals surface area contributed by atoms with Gasteiger partial charge in [0.15, 0.2) is 0 Å². The first kappa shape index (κ1) is 8.94. The molecule has 1 heterocycles. The average Bonchev–Trinajstić information content (AvgIpc) is 2.45. The second kappa shape index (κ2) is 3.25. The molecule has 2 rings (SSSR count). The monoisotopic (exact) mass is 190 g/mol. The minimum absolute atomic E-state index is 0.217. The summed E-state index contributed by atoms with van der Waals surface area (Å²) in [5.74, 6) is -0.217. The van der Waals surface area contributed by atoms with E-state index in [0.29, 0.717) is 0 Å². The van der Waals surface area contributed by atoms with E-state index in [1.165, 1.54) is 12.1 Å². The van der Waals surface area contributed by atoms with Crippen molar-refractivity contribution in [3.05, 3.63) is 42.0 Å². The highest BCUT2D eigenvalue weighted by molar-refractivity contribution is 5.64. The standard InChI is InChI=1S/C11H11FN2/c1-8-11(7-14(2)13-8)9-4-3-5-10(12)6-9/h3-7H,1-2H3. The van der Waals surface area contributed by atoms with Crippen LogP contribution in [-0.4, -0.2) is 9.78 Å². The zero-order chi connectivity index (χ0) is 10.1. The Balaban J connectivity index is 2.54. The van der Waals surface area contributed by atoms with Crippen molar-refractivity contribution in [3.63, 3.8) is 0 Å². The molecule has 0 fully saturated rings. The molecule has 0 atom stereocenters. The summed E-state index contributed by atoms with van der Waals surface area (Å²) in [7, 11) is 1.86. The molecule has 0 amide bonds. The highest BCUT2D eigenvalue weighted by atomic mass is 19.1. The third-order valence-corrected chi connectivity index (χ3v) is 2.15. The highest BCUT2D eigenvalue weighted by Gasteiger charge is 2.05. The minimum atomic E-state index is -0.217. The van der Waals surface area contributed by atoms with Gasteiger partial charge >= 0.3 is 0 Å². The molecule has 0 aliphatic rings.